The van der Waals surface area contributed by atoms with Crippen LogP contribution < -0.4 is 5.32 Å². The minimum absolute atomic E-state index is 0.318. The van der Waals surface area contributed by atoms with Crippen molar-refractivity contribution in [2.75, 3.05) is 13.1 Å². The second-order valence-corrected chi connectivity index (χ2v) is 5.24. The molecule has 0 spiro atoms. The van der Waals surface area contributed by atoms with Crippen LogP contribution in [-0.4, -0.2) is 25.2 Å². The summed E-state index contributed by atoms with van der Waals surface area (Å²) in [6.07, 6.45) is 4.42. The second-order valence-electron chi connectivity index (χ2n) is 5.24. The first-order valence-corrected chi connectivity index (χ1v) is 6.18. The van der Waals surface area contributed by atoms with Gasteiger partial charge in [0.15, 0.2) is 0 Å². The number of ether oxygens (including phenoxy) is 1. The number of carbonyl (C=O) groups excluding carboxylic acids is 1. The van der Waals surface area contributed by atoms with E-state index in [4.69, 9.17) is 5.26 Å². The van der Waals surface area contributed by atoms with Gasteiger partial charge in [0, 0.05) is 6.42 Å². The topological polar surface area (TPSA) is 62.1 Å². The van der Waals surface area contributed by atoms with E-state index in [0.717, 1.165) is 19.5 Å². The van der Waals surface area contributed by atoms with Gasteiger partial charge in [0.2, 0.25) is 0 Å². The Morgan fingerprint density at radius 3 is 2.59 bits per heavy atom. The van der Waals surface area contributed by atoms with E-state index >= 15 is 0 Å². The summed E-state index contributed by atoms with van der Waals surface area (Å²) in [5.74, 6) is 0.667. The number of nitrogens with one attached hydrogen (secondary N) is 1. The summed E-state index contributed by atoms with van der Waals surface area (Å²) in [5, 5.41) is 11.8. The van der Waals surface area contributed by atoms with Gasteiger partial charge in [-0.05, 0) is 59.0 Å². The molecule has 1 atom stereocenters. The molecule has 0 aliphatic carbocycles. The Labute approximate surface area is 104 Å². The zero-order valence-electron chi connectivity index (χ0n) is 11.2. The predicted octanol–water partition coefficient (Wildman–Crippen LogP) is 2.25. The molecule has 1 N–H and O–H groups in total. The monoisotopic (exact) mass is 240 g/mol. The van der Waals surface area contributed by atoms with Crippen LogP contribution in [0.15, 0.2) is 0 Å². The fourth-order valence-electron chi connectivity index (χ4n) is 1.57. The highest BCUT2D eigenvalue weighted by Crippen LogP contribution is 2.16. The van der Waals surface area contributed by atoms with E-state index in [-0.39, 0.29) is 5.60 Å². The molecule has 1 unspecified atom stereocenters. The largest absolute Gasteiger partial charge is 0.462 e. The Morgan fingerprint density at radius 1 is 1.41 bits per heavy atom. The second kappa shape index (κ2) is 9.00. The smallest absolute Gasteiger partial charge is 0.293 e. The van der Waals surface area contributed by atoms with Crippen LogP contribution in [0.25, 0.3) is 0 Å². The first-order chi connectivity index (χ1) is 7.99. The molecule has 1 aliphatic rings. The fraction of sp³-hybridized carbons (Fsp3) is 0.846. The van der Waals surface area contributed by atoms with E-state index < -0.39 is 0 Å². The van der Waals surface area contributed by atoms with Crippen molar-refractivity contribution < 1.29 is 9.53 Å². The van der Waals surface area contributed by atoms with Crippen LogP contribution in [0.5, 0.6) is 0 Å². The lowest BCUT2D eigenvalue weighted by atomic mass is 9.98. The first-order valence-electron chi connectivity index (χ1n) is 6.18. The molecule has 1 heterocycles. The molecule has 0 saturated carbocycles. The van der Waals surface area contributed by atoms with Crippen LogP contribution in [0.1, 0.15) is 46.5 Å². The summed E-state index contributed by atoms with van der Waals surface area (Å²) in [5.41, 5.74) is -0.318. The van der Waals surface area contributed by atoms with Gasteiger partial charge in [-0.2, -0.15) is 5.26 Å². The molecule has 98 valence electrons. The van der Waals surface area contributed by atoms with Crippen molar-refractivity contribution in [2.24, 2.45) is 5.92 Å². The third-order valence-corrected chi connectivity index (χ3v) is 2.48. The molecule has 0 radical (unpaired) electrons. The minimum Gasteiger partial charge on any atom is -0.462 e. The van der Waals surface area contributed by atoms with Crippen LogP contribution in [0.3, 0.4) is 0 Å². The fourth-order valence-corrected chi connectivity index (χ4v) is 1.57. The zero-order valence-corrected chi connectivity index (χ0v) is 11.2. The molecule has 0 amide bonds. The Kier molecular flexibility index (Phi) is 8.43. The summed E-state index contributed by atoms with van der Waals surface area (Å²) in [6.45, 7) is 8.17. The van der Waals surface area contributed by atoms with E-state index in [2.05, 4.69) is 16.1 Å². The van der Waals surface area contributed by atoms with Crippen LogP contribution in [0, 0.1) is 17.2 Å². The maximum absolute atomic E-state index is 9.60. The molecule has 1 aliphatic heterocycles. The Balaban J connectivity index is 0.000000325. The van der Waals surface area contributed by atoms with Crippen LogP contribution >= 0.6 is 0 Å². The quantitative estimate of drug-likeness (QED) is 0.752. The number of carbonyl (C=O) groups is 1. The van der Waals surface area contributed by atoms with Crippen molar-refractivity contribution in [1.29, 1.82) is 5.26 Å². The lowest BCUT2D eigenvalue weighted by Crippen LogP contribution is -2.17. The number of hydrogen-bond acceptors (Lipinski definition) is 4. The molecule has 4 nitrogen and oxygen atoms in total. The number of rotatable bonds is 2. The summed E-state index contributed by atoms with van der Waals surface area (Å²) in [4.78, 5) is 9.60. The van der Waals surface area contributed by atoms with Crippen molar-refractivity contribution >= 4 is 6.47 Å². The Morgan fingerprint density at radius 2 is 2.12 bits per heavy atom. The molecule has 0 aromatic heterocycles. The molecule has 1 fully saturated rings. The molecule has 0 bridgehead atoms. The van der Waals surface area contributed by atoms with Crippen molar-refractivity contribution in [1.82, 2.24) is 5.32 Å². The van der Waals surface area contributed by atoms with Gasteiger partial charge >= 0.3 is 0 Å². The van der Waals surface area contributed by atoms with E-state index in [1.54, 1.807) is 0 Å². The molecule has 1 rings (SSSR count). The number of nitriles is 1. The van der Waals surface area contributed by atoms with Crippen molar-refractivity contribution in [2.45, 2.75) is 52.1 Å². The van der Waals surface area contributed by atoms with E-state index in [1.165, 1.54) is 19.3 Å². The van der Waals surface area contributed by atoms with Crippen molar-refractivity contribution in [3.63, 3.8) is 0 Å². The average molecular weight is 240 g/mol. The molecular weight excluding hydrogens is 216 g/mol. The highest BCUT2D eigenvalue weighted by Gasteiger charge is 2.10. The standard InChI is InChI=1S/C8H14N2.C5H10O2/c9-5-3-8-2-1-6-10-7-4-8;1-5(2,3)7-4-6/h8,10H,1-4,6-7H2;4H,1-3H3. The highest BCUT2D eigenvalue weighted by molar-refractivity contribution is 5.37. The Bertz CT molecular complexity index is 233. The first kappa shape index (κ1) is 15.9. The van der Waals surface area contributed by atoms with Gasteiger partial charge in [-0.25, -0.2) is 0 Å². The van der Waals surface area contributed by atoms with Gasteiger partial charge in [0.05, 0.1) is 6.07 Å². The van der Waals surface area contributed by atoms with Gasteiger partial charge in [0.1, 0.15) is 5.60 Å². The zero-order chi connectivity index (χ0) is 13.1. The van der Waals surface area contributed by atoms with Crippen LogP contribution in [0.2, 0.25) is 0 Å². The van der Waals surface area contributed by atoms with Crippen LogP contribution in [-0.2, 0) is 9.53 Å². The predicted molar refractivity (Wildman–Crippen MR) is 67.3 cm³/mol. The summed E-state index contributed by atoms with van der Waals surface area (Å²) in [6, 6.07) is 2.24. The van der Waals surface area contributed by atoms with E-state index in [9.17, 15) is 4.79 Å². The average Bonchev–Trinajstić information content (AvgIpc) is 2.46. The maximum Gasteiger partial charge on any atom is 0.293 e. The maximum atomic E-state index is 9.60. The summed E-state index contributed by atoms with van der Waals surface area (Å²) < 4.78 is 4.55. The van der Waals surface area contributed by atoms with Crippen molar-refractivity contribution in [3.05, 3.63) is 0 Å². The van der Waals surface area contributed by atoms with Crippen LogP contribution in [0.4, 0.5) is 0 Å². The molecule has 0 aromatic carbocycles. The molecule has 17 heavy (non-hydrogen) atoms. The third kappa shape index (κ3) is 11.2. The number of nitrogens with zero attached hydrogens (tertiary/aromatic N) is 1. The van der Waals surface area contributed by atoms with E-state index in [1.807, 2.05) is 20.8 Å². The van der Waals surface area contributed by atoms with E-state index in [0.29, 0.717) is 12.4 Å². The molecular formula is C13H24N2O2. The van der Waals surface area contributed by atoms with Gasteiger partial charge in [-0.15, -0.1) is 0 Å². The normalized spacial score (nSPS) is 20.2. The van der Waals surface area contributed by atoms with Gasteiger partial charge in [-0.3, -0.25) is 4.79 Å². The SMILES string of the molecule is CC(C)(C)OC=O.N#CCC1CCCNCC1. The lowest BCUT2D eigenvalue weighted by molar-refractivity contribution is -0.138. The van der Waals surface area contributed by atoms with Crippen molar-refractivity contribution in [3.8, 4) is 6.07 Å². The molecule has 4 heteroatoms. The highest BCUT2D eigenvalue weighted by atomic mass is 16.5. The summed E-state index contributed by atoms with van der Waals surface area (Å²) >= 11 is 0. The number of hydrogen-bond donors (Lipinski definition) is 1. The Hall–Kier alpha value is -1.08. The third-order valence-electron chi connectivity index (χ3n) is 2.48. The molecule has 1 saturated heterocycles. The minimum atomic E-state index is -0.318. The van der Waals surface area contributed by atoms with Gasteiger partial charge in [-0.1, -0.05) is 0 Å². The molecule has 0 aromatic rings. The summed E-state index contributed by atoms with van der Waals surface area (Å²) in [7, 11) is 0. The van der Waals surface area contributed by atoms with Gasteiger partial charge in [0.25, 0.3) is 6.47 Å². The van der Waals surface area contributed by atoms with Gasteiger partial charge < -0.3 is 10.1 Å². The lowest BCUT2D eigenvalue weighted by Gasteiger charge is -2.14.